The second-order valence-electron chi connectivity index (χ2n) is 8.01. The third kappa shape index (κ3) is 3.79. The Hall–Kier alpha value is -3.55. The van der Waals surface area contributed by atoms with Crippen molar-refractivity contribution in [3.8, 4) is 0 Å². The van der Waals surface area contributed by atoms with Crippen LogP contribution in [0.2, 0.25) is 0 Å². The summed E-state index contributed by atoms with van der Waals surface area (Å²) in [4.78, 5) is 37.6. The Morgan fingerprint density at radius 3 is 2.76 bits per heavy atom. The maximum Gasteiger partial charge on any atom is 0.305 e. The molecule has 4 atom stereocenters. The van der Waals surface area contributed by atoms with Gasteiger partial charge in [0.25, 0.3) is 5.91 Å². The Morgan fingerprint density at radius 2 is 2.00 bits per heavy atom. The van der Waals surface area contributed by atoms with Crippen molar-refractivity contribution in [1.82, 2.24) is 30.3 Å². The van der Waals surface area contributed by atoms with Crippen LogP contribution in [0.5, 0.6) is 0 Å². The number of imidazole rings is 1. The smallest absolute Gasteiger partial charge is 0.305 e. The number of amides is 2. The Morgan fingerprint density at radius 1 is 1.18 bits per heavy atom. The molecular formula is C20H23N7O6. The first-order valence-electron chi connectivity index (χ1n) is 10.4. The Labute approximate surface area is 187 Å². The minimum absolute atomic E-state index is 0.140. The van der Waals surface area contributed by atoms with E-state index in [1.54, 1.807) is 24.5 Å². The zero-order chi connectivity index (χ0) is 23.2. The zero-order valence-corrected chi connectivity index (χ0v) is 18.1. The number of aromatic nitrogens is 4. The molecule has 174 valence electrons. The van der Waals surface area contributed by atoms with Crippen molar-refractivity contribution in [2.75, 3.05) is 12.0 Å². The van der Waals surface area contributed by atoms with Gasteiger partial charge in [-0.1, -0.05) is 0 Å². The average molecular weight is 457 g/mol. The van der Waals surface area contributed by atoms with Crippen molar-refractivity contribution in [3.05, 3.63) is 36.8 Å². The van der Waals surface area contributed by atoms with Gasteiger partial charge in [0.15, 0.2) is 40.9 Å². The summed E-state index contributed by atoms with van der Waals surface area (Å²) in [6, 6.07) is 3.14. The number of furan rings is 1. The largest absolute Gasteiger partial charge is 0.459 e. The lowest BCUT2D eigenvalue weighted by Gasteiger charge is -2.24. The number of likely N-dealkylation sites (N-methyl/N-ethyl adjacent to an activating group) is 1. The quantitative estimate of drug-likeness (QED) is 0.451. The van der Waals surface area contributed by atoms with Crippen molar-refractivity contribution in [1.29, 1.82) is 0 Å². The van der Waals surface area contributed by atoms with Gasteiger partial charge in [0.1, 0.15) is 18.5 Å². The molecule has 5 heterocycles. The lowest BCUT2D eigenvalue weighted by molar-refractivity contribution is -0.197. The molecule has 13 nitrogen and oxygen atoms in total. The van der Waals surface area contributed by atoms with E-state index < -0.39 is 36.2 Å². The molecule has 0 unspecified atom stereocenters. The van der Waals surface area contributed by atoms with E-state index >= 15 is 0 Å². The van der Waals surface area contributed by atoms with Crippen LogP contribution in [0, 0.1) is 0 Å². The number of rotatable bonds is 6. The van der Waals surface area contributed by atoms with Gasteiger partial charge in [-0.3, -0.25) is 25.0 Å². The lowest BCUT2D eigenvalue weighted by Crippen LogP contribution is -2.42. The number of hydrazine groups is 1. The number of anilines is 1. The van der Waals surface area contributed by atoms with Crippen LogP contribution in [0.4, 0.5) is 5.82 Å². The average Bonchev–Trinajstić information content (AvgIpc) is 3.55. The maximum absolute atomic E-state index is 12.6. The molecule has 0 radical (unpaired) electrons. The molecule has 0 spiro atoms. The predicted octanol–water partition coefficient (Wildman–Crippen LogP) is 0.730. The molecule has 5 rings (SSSR count). The summed E-state index contributed by atoms with van der Waals surface area (Å²) in [6.07, 6.45) is 1.52. The van der Waals surface area contributed by atoms with E-state index in [4.69, 9.17) is 18.6 Å². The van der Waals surface area contributed by atoms with Crippen LogP contribution >= 0.6 is 0 Å². The molecule has 13 heteroatoms. The first-order valence-corrected chi connectivity index (χ1v) is 10.4. The molecule has 2 fully saturated rings. The fourth-order valence-electron chi connectivity index (χ4n) is 4.00. The van der Waals surface area contributed by atoms with Crippen molar-refractivity contribution < 1.29 is 28.2 Å². The van der Waals surface area contributed by atoms with Gasteiger partial charge in [0.2, 0.25) is 0 Å². The molecule has 3 N–H and O–H groups in total. The van der Waals surface area contributed by atoms with Gasteiger partial charge in [0.05, 0.1) is 12.6 Å². The number of hydrogen-bond acceptors (Lipinski definition) is 10. The summed E-state index contributed by atoms with van der Waals surface area (Å²) in [7, 11) is 0. The minimum atomic E-state index is -0.879. The van der Waals surface area contributed by atoms with Crippen LogP contribution in [0.25, 0.3) is 11.2 Å². The summed E-state index contributed by atoms with van der Waals surface area (Å²) in [5.74, 6) is -1.22. The number of ether oxygens (including phenoxy) is 3. The molecule has 33 heavy (non-hydrogen) atoms. The normalized spacial score (nSPS) is 25.7. The predicted molar refractivity (Wildman–Crippen MR) is 112 cm³/mol. The molecule has 0 saturated carbocycles. The molecule has 2 amide bonds. The van der Waals surface area contributed by atoms with Gasteiger partial charge < -0.3 is 23.9 Å². The fraction of sp³-hybridized carbons (Fsp3) is 0.450. The molecule has 2 aliphatic heterocycles. The van der Waals surface area contributed by atoms with Gasteiger partial charge in [-0.05, 0) is 32.9 Å². The van der Waals surface area contributed by atoms with E-state index in [-0.39, 0.29) is 17.5 Å². The highest BCUT2D eigenvalue weighted by molar-refractivity contribution is 5.93. The van der Waals surface area contributed by atoms with Crippen molar-refractivity contribution in [2.45, 2.75) is 51.1 Å². The summed E-state index contributed by atoms with van der Waals surface area (Å²) in [5, 5.41) is 2.77. The van der Waals surface area contributed by atoms with Crippen molar-refractivity contribution >= 4 is 28.8 Å². The Kier molecular flexibility index (Phi) is 5.23. The summed E-state index contributed by atoms with van der Waals surface area (Å²) >= 11 is 0. The van der Waals surface area contributed by atoms with Gasteiger partial charge in [-0.15, -0.1) is 0 Å². The molecule has 0 aliphatic carbocycles. The van der Waals surface area contributed by atoms with E-state index in [1.807, 2.05) is 6.92 Å². The van der Waals surface area contributed by atoms with Crippen molar-refractivity contribution in [2.24, 2.45) is 0 Å². The van der Waals surface area contributed by atoms with Crippen LogP contribution < -0.4 is 16.2 Å². The van der Waals surface area contributed by atoms with E-state index in [0.29, 0.717) is 17.7 Å². The minimum Gasteiger partial charge on any atom is -0.459 e. The van der Waals surface area contributed by atoms with E-state index in [9.17, 15) is 9.59 Å². The highest BCUT2D eigenvalue weighted by Crippen LogP contribution is 2.43. The SMILES string of the molecule is CCNC(=O)[C@H]1O[C@@H](n2cnc3c(NNC(=O)c4ccco4)ncnc32)[C@@H]2OC(C)(C)O[C@@H]21. The van der Waals surface area contributed by atoms with Crippen LogP contribution in [-0.4, -0.2) is 62.0 Å². The first-order chi connectivity index (χ1) is 15.9. The molecule has 0 aromatic carbocycles. The second kappa shape index (κ2) is 8.10. The third-order valence-corrected chi connectivity index (χ3v) is 5.31. The summed E-state index contributed by atoms with van der Waals surface area (Å²) < 4.78 is 24.8. The van der Waals surface area contributed by atoms with Gasteiger partial charge >= 0.3 is 5.91 Å². The highest BCUT2D eigenvalue weighted by Gasteiger charge is 2.58. The molecule has 2 aliphatic rings. The molecule has 0 bridgehead atoms. The fourth-order valence-corrected chi connectivity index (χ4v) is 4.00. The molecule has 3 aromatic rings. The zero-order valence-electron chi connectivity index (χ0n) is 18.1. The number of nitrogens with zero attached hydrogens (tertiary/aromatic N) is 4. The van der Waals surface area contributed by atoms with Crippen LogP contribution in [0.15, 0.2) is 35.5 Å². The van der Waals surface area contributed by atoms with Crippen LogP contribution in [0.3, 0.4) is 0 Å². The maximum atomic E-state index is 12.6. The van der Waals surface area contributed by atoms with Crippen LogP contribution in [-0.2, 0) is 19.0 Å². The summed E-state index contributed by atoms with van der Waals surface area (Å²) in [5.41, 5.74) is 6.05. The van der Waals surface area contributed by atoms with E-state index in [2.05, 4.69) is 31.1 Å². The number of carbonyl (C=O) groups excluding carboxylic acids is 2. The number of hydrogen-bond donors (Lipinski definition) is 3. The van der Waals surface area contributed by atoms with E-state index in [0.717, 1.165) is 0 Å². The van der Waals surface area contributed by atoms with Gasteiger partial charge in [-0.2, -0.15) is 0 Å². The van der Waals surface area contributed by atoms with Gasteiger partial charge in [-0.25, -0.2) is 15.0 Å². The van der Waals surface area contributed by atoms with Crippen molar-refractivity contribution in [3.63, 3.8) is 0 Å². The first kappa shape index (κ1) is 21.3. The monoisotopic (exact) mass is 457 g/mol. The molecule has 3 aromatic heterocycles. The number of carbonyl (C=O) groups is 2. The topological polar surface area (TPSA) is 155 Å². The summed E-state index contributed by atoms with van der Waals surface area (Å²) in [6.45, 7) is 5.87. The standard InChI is InChI=1S/C20H23N7O6/c1-4-21-18(29)13-12-14(33-20(2,3)32-12)19(31-13)27-9-24-11-15(22-8-23-16(11)27)25-26-17(28)10-6-5-7-30-10/h5-9,12-14,19H,4H2,1-3H3,(H,21,29)(H,26,28)(H,22,23,25)/t12-,13+,14-,19-/m1/s1. The van der Waals surface area contributed by atoms with Crippen LogP contribution in [0.1, 0.15) is 37.6 Å². The molecular weight excluding hydrogens is 434 g/mol. The highest BCUT2D eigenvalue weighted by atomic mass is 16.8. The Bertz CT molecular complexity index is 1180. The Balaban J connectivity index is 1.42. The number of nitrogens with one attached hydrogen (secondary N) is 3. The number of fused-ring (bicyclic) bond motifs is 2. The van der Waals surface area contributed by atoms with E-state index in [1.165, 1.54) is 25.0 Å². The van der Waals surface area contributed by atoms with Gasteiger partial charge in [0, 0.05) is 6.54 Å². The third-order valence-electron chi connectivity index (χ3n) is 5.31. The molecule has 2 saturated heterocycles. The lowest BCUT2D eigenvalue weighted by atomic mass is 10.1. The second-order valence-corrected chi connectivity index (χ2v) is 8.01.